The molecule has 0 bridgehead atoms. The van der Waals surface area contributed by atoms with Gasteiger partial charge in [0.05, 0.1) is 4.92 Å². The number of thioether (sulfide) groups is 1. The quantitative estimate of drug-likeness (QED) is 0.655. The second-order valence-corrected chi connectivity index (χ2v) is 6.19. The summed E-state index contributed by atoms with van der Waals surface area (Å²) in [5.41, 5.74) is 0.510. The number of nitrogens with one attached hydrogen (secondary N) is 1. The van der Waals surface area contributed by atoms with E-state index in [4.69, 9.17) is 11.6 Å². The van der Waals surface area contributed by atoms with Gasteiger partial charge in [-0.15, -0.1) is 0 Å². The fraction of sp³-hybridized carbons (Fsp3) is 0.455. The molecular weight excluding hydrogens is 260 g/mol. The van der Waals surface area contributed by atoms with Gasteiger partial charge < -0.3 is 5.32 Å². The Morgan fingerprint density at radius 1 is 1.53 bits per heavy atom. The van der Waals surface area contributed by atoms with E-state index in [0.29, 0.717) is 17.3 Å². The van der Waals surface area contributed by atoms with Crippen LogP contribution in [0.15, 0.2) is 18.2 Å². The van der Waals surface area contributed by atoms with Crippen molar-refractivity contribution in [1.82, 2.24) is 0 Å². The summed E-state index contributed by atoms with van der Waals surface area (Å²) in [5, 5.41) is 14.4. The standard InChI is InChI=1S/C11H15ClN2O2S/c1-11(2,17-3)7-13-9-6-8(12)4-5-10(9)14(15)16/h4-6,13H,7H2,1-3H3. The van der Waals surface area contributed by atoms with Crippen molar-refractivity contribution in [2.45, 2.75) is 18.6 Å². The maximum absolute atomic E-state index is 10.8. The van der Waals surface area contributed by atoms with E-state index >= 15 is 0 Å². The Balaban J connectivity index is 2.89. The van der Waals surface area contributed by atoms with Crippen LogP contribution in [-0.2, 0) is 0 Å². The van der Waals surface area contributed by atoms with Crippen LogP contribution in [-0.4, -0.2) is 22.5 Å². The van der Waals surface area contributed by atoms with Crippen LogP contribution >= 0.6 is 23.4 Å². The summed E-state index contributed by atoms with van der Waals surface area (Å²) in [6.07, 6.45) is 2.01. The molecule has 6 heteroatoms. The molecule has 0 spiro atoms. The number of nitrogens with zero attached hydrogens (tertiary/aromatic N) is 1. The smallest absolute Gasteiger partial charge is 0.292 e. The van der Waals surface area contributed by atoms with Crippen LogP contribution in [0.25, 0.3) is 0 Å². The molecule has 0 aliphatic heterocycles. The van der Waals surface area contributed by atoms with Gasteiger partial charge in [0, 0.05) is 22.4 Å². The molecule has 0 aliphatic carbocycles. The topological polar surface area (TPSA) is 55.2 Å². The summed E-state index contributed by atoms with van der Waals surface area (Å²) in [6.45, 7) is 4.78. The largest absolute Gasteiger partial charge is 0.378 e. The lowest BCUT2D eigenvalue weighted by atomic mass is 10.2. The Hall–Kier alpha value is -0.940. The lowest BCUT2D eigenvalue weighted by Crippen LogP contribution is -2.26. The minimum absolute atomic E-state index is 0.0101. The molecule has 1 aromatic carbocycles. The molecule has 0 radical (unpaired) electrons. The Labute approximate surface area is 110 Å². The predicted octanol–water partition coefficient (Wildman–Crippen LogP) is 3.80. The van der Waals surface area contributed by atoms with E-state index in [1.54, 1.807) is 17.8 Å². The number of halogens is 1. The normalized spacial score (nSPS) is 11.3. The number of nitro groups is 1. The Morgan fingerprint density at radius 3 is 2.71 bits per heavy atom. The molecule has 0 saturated carbocycles. The van der Waals surface area contributed by atoms with Gasteiger partial charge in [-0.2, -0.15) is 11.8 Å². The average molecular weight is 275 g/mol. The van der Waals surface area contributed by atoms with Crippen LogP contribution < -0.4 is 5.32 Å². The average Bonchev–Trinajstić information content (AvgIpc) is 2.26. The SMILES string of the molecule is CSC(C)(C)CNc1cc(Cl)ccc1[N+](=O)[O-]. The molecule has 0 unspecified atom stereocenters. The first-order valence-electron chi connectivity index (χ1n) is 5.09. The van der Waals surface area contributed by atoms with E-state index < -0.39 is 4.92 Å². The third-order valence-corrected chi connectivity index (χ3v) is 3.90. The summed E-state index contributed by atoms with van der Waals surface area (Å²) < 4.78 is 0.0101. The first kappa shape index (κ1) is 14.1. The first-order chi connectivity index (χ1) is 7.85. The summed E-state index contributed by atoms with van der Waals surface area (Å²) >= 11 is 7.54. The van der Waals surface area contributed by atoms with Crippen molar-refractivity contribution in [3.63, 3.8) is 0 Å². The van der Waals surface area contributed by atoms with Gasteiger partial charge in [0.15, 0.2) is 0 Å². The zero-order valence-corrected chi connectivity index (χ0v) is 11.6. The molecule has 0 atom stereocenters. The molecule has 0 amide bonds. The van der Waals surface area contributed by atoms with Crippen molar-refractivity contribution in [3.8, 4) is 0 Å². The van der Waals surface area contributed by atoms with E-state index in [9.17, 15) is 10.1 Å². The maximum atomic E-state index is 10.8. The van der Waals surface area contributed by atoms with E-state index in [2.05, 4.69) is 19.2 Å². The van der Waals surface area contributed by atoms with Crippen molar-refractivity contribution < 1.29 is 4.92 Å². The van der Waals surface area contributed by atoms with Crippen molar-refractivity contribution in [2.24, 2.45) is 0 Å². The summed E-state index contributed by atoms with van der Waals surface area (Å²) in [4.78, 5) is 10.4. The zero-order valence-electron chi connectivity index (χ0n) is 9.99. The van der Waals surface area contributed by atoms with Crippen LogP contribution in [0.3, 0.4) is 0 Å². The van der Waals surface area contributed by atoms with Crippen LogP contribution in [0.5, 0.6) is 0 Å². The molecule has 0 aromatic heterocycles. The van der Waals surface area contributed by atoms with Gasteiger partial charge in [-0.05, 0) is 32.2 Å². The Morgan fingerprint density at radius 2 is 2.18 bits per heavy atom. The minimum atomic E-state index is -0.412. The Bertz CT molecular complexity index is 424. The molecule has 0 heterocycles. The van der Waals surface area contributed by atoms with Crippen molar-refractivity contribution in [2.75, 3.05) is 18.1 Å². The van der Waals surface area contributed by atoms with Gasteiger partial charge in [-0.25, -0.2) is 0 Å². The highest BCUT2D eigenvalue weighted by atomic mass is 35.5. The lowest BCUT2D eigenvalue weighted by Gasteiger charge is -2.22. The lowest BCUT2D eigenvalue weighted by molar-refractivity contribution is -0.384. The van der Waals surface area contributed by atoms with Gasteiger partial charge in [-0.3, -0.25) is 10.1 Å². The van der Waals surface area contributed by atoms with E-state index in [-0.39, 0.29) is 10.4 Å². The maximum Gasteiger partial charge on any atom is 0.292 e. The molecule has 4 nitrogen and oxygen atoms in total. The predicted molar refractivity (Wildman–Crippen MR) is 74.2 cm³/mol. The number of hydrogen-bond donors (Lipinski definition) is 1. The minimum Gasteiger partial charge on any atom is -0.378 e. The van der Waals surface area contributed by atoms with Crippen LogP contribution in [0, 0.1) is 10.1 Å². The highest BCUT2D eigenvalue weighted by Crippen LogP contribution is 2.29. The fourth-order valence-corrected chi connectivity index (χ4v) is 1.58. The molecule has 1 rings (SSSR count). The van der Waals surface area contributed by atoms with Gasteiger partial charge in [0.2, 0.25) is 0 Å². The monoisotopic (exact) mass is 274 g/mol. The first-order valence-corrected chi connectivity index (χ1v) is 6.69. The van der Waals surface area contributed by atoms with E-state index in [1.807, 2.05) is 6.26 Å². The van der Waals surface area contributed by atoms with Crippen LogP contribution in [0.1, 0.15) is 13.8 Å². The molecule has 0 saturated heterocycles. The second-order valence-electron chi connectivity index (χ2n) is 4.24. The van der Waals surface area contributed by atoms with Crippen molar-refractivity contribution in [3.05, 3.63) is 33.3 Å². The molecule has 0 aliphatic rings. The molecule has 1 aromatic rings. The summed E-state index contributed by atoms with van der Waals surface area (Å²) in [7, 11) is 0. The van der Waals surface area contributed by atoms with Gasteiger partial charge in [0.1, 0.15) is 5.69 Å². The summed E-state index contributed by atoms with van der Waals surface area (Å²) in [6, 6.07) is 4.51. The molecule has 1 N–H and O–H groups in total. The van der Waals surface area contributed by atoms with Gasteiger partial charge in [-0.1, -0.05) is 11.6 Å². The molecule has 17 heavy (non-hydrogen) atoms. The number of nitro benzene ring substituents is 1. The van der Waals surface area contributed by atoms with Gasteiger partial charge >= 0.3 is 0 Å². The number of rotatable bonds is 5. The van der Waals surface area contributed by atoms with Gasteiger partial charge in [0.25, 0.3) is 5.69 Å². The van der Waals surface area contributed by atoms with Crippen LogP contribution in [0.2, 0.25) is 5.02 Å². The van der Waals surface area contributed by atoms with E-state index in [0.717, 1.165) is 0 Å². The van der Waals surface area contributed by atoms with Crippen molar-refractivity contribution >= 4 is 34.7 Å². The summed E-state index contributed by atoms with van der Waals surface area (Å²) in [5.74, 6) is 0. The molecule has 0 fully saturated rings. The number of benzene rings is 1. The zero-order chi connectivity index (χ0) is 13.1. The molecule has 94 valence electrons. The second kappa shape index (κ2) is 5.60. The fourth-order valence-electron chi connectivity index (χ4n) is 1.19. The Kier molecular flexibility index (Phi) is 4.65. The van der Waals surface area contributed by atoms with Crippen LogP contribution in [0.4, 0.5) is 11.4 Å². The third kappa shape index (κ3) is 4.09. The third-order valence-electron chi connectivity index (χ3n) is 2.41. The van der Waals surface area contributed by atoms with E-state index in [1.165, 1.54) is 12.1 Å². The number of anilines is 1. The highest BCUT2D eigenvalue weighted by Gasteiger charge is 2.19. The highest BCUT2D eigenvalue weighted by molar-refractivity contribution is 7.99. The van der Waals surface area contributed by atoms with Crippen molar-refractivity contribution in [1.29, 1.82) is 0 Å². The molecular formula is C11H15ClN2O2S. The number of hydrogen-bond acceptors (Lipinski definition) is 4.